The Hall–Kier alpha value is -3.02. The van der Waals surface area contributed by atoms with Gasteiger partial charge in [0, 0.05) is 6.54 Å². The van der Waals surface area contributed by atoms with Crippen molar-refractivity contribution in [2.24, 2.45) is 0 Å². The van der Waals surface area contributed by atoms with Crippen LogP contribution in [0, 0.1) is 0 Å². The molecule has 0 fully saturated rings. The molecule has 1 N–H and O–H groups in total. The van der Waals surface area contributed by atoms with Crippen LogP contribution in [0.1, 0.15) is 22.8 Å². The fourth-order valence-electron chi connectivity index (χ4n) is 2.96. The maximum Gasteiger partial charge on any atom is 0.335 e. The molecule has 1 unspecified atom stereocenters. The number of likely N-dealkylation sites (N-methyl/N-ethyl adjacent to an activating group) is 1. The lowest BCUT2D eigenvalue weighted by molar-refractivity contribution is -0.131. The minimum absolute atomic E-state index is 0.0421. The molecule has 0 saturated carbocycles. The van der Waals surface area contributed by atoms with E-state index in [1.165, 1.54) is 6.07 Å². The molecule has 0 saturated heterocycles. The largest absolute Gasteiger partial charge is 0.486 e. The van der Waals surface area contributed by atoms with Gasteiger partial charge < -0.3 is 19.5 Å². The Morgan fingerprint density at radius 2 is 1.81 bits per heavy atom. The van der Waals surface area contributed by atoms with Gasteiger partial charge in [0.2, 0.25) is 5.91 Å². The maximum absolute atomic E-state index is 12.7. The number of para-hydroxylation sites is 2. The highest BCUT2D eigenvalue weighted by Crippen LogP contribution is 2.31. The first-order valence-electron chi connectivity index (χ1n) is 8.56. The summed E-state index contributed by atoms with van der Waals surface area (Å²) in [5.74, 6) is 0.206. The fraction of sp³-hybridized carbons (Fsp3) is 0.300. The van der Waals surface area contributed by atoms with Crippen LogP contribution in [-0.2, 0) is 11.2 Å². The van der Waals surface area contributed by atoms with Crippen molar-refractivity contribution in [2.45, 2.75) is 19.4 Å². The van der Waals surface area contributed by atoms with Gasteiger partial charge in [-0.1, -0.05) is 30.3 Å². The lowest BCUT2D eigenvalue weighted by Gasteiger charge is -2.31. The summed E-state index contributed by atoms with van der Waals surface area (Å²) in [5, 5.41) is 9.27. The summed E-state index contributed by atoms with van der Waals surface area (Å²) in [7, 11) is 0. The minimum Gasteiger partial charge on any atom is -0.486 e. The van der Waals surface area contributed by atoms with Crippen LogP contribution in [0.4, 0.5) is 0 Å². The summed E-state index contributed by atoms with van der Waals surface area (Å²) in [6, 6.07) is 14.0. The molecule has 0 bridgehead atoms. The minimum atomic E-state index is -1.03. The van der Waals surface area contributed by atoms with E-state index in [-0.39, 0.29) is 24.0 Å². The summed E-state index contributed by atoms with van der Waals surface area (Å²) in [5.41, 5.74) is 0.665. The van der Waals surface area contributed by atoms with Crippen LogP contribution in [0.2, 0.25) is 0 Å². The van der Waals surface area contributed by atoms with Crippen molar-refractivity contribution in [3.8, 4) is 11.5 Å². The highest BCUT2D eigenvalue weighted by molar-refractivity contribution is 5.91. The number of carboxylic acid groups (broad SMARTS) is 1. The second-order valence-corrected chi connectivity index (χ2v) is 6.07. The van der Waals surface area contributed by atoms with E-state index >= 15 is 0 Å². The standard InChI is InChI=1S/C20H21NO5/c1-2-21(12-15-13-25-17-9-5-6-10-18(17)26-15)19(22)11-14-7-3-4-8-16(14)20(23)24/h3-10,15H,2,11-13H2,1H3,(H,23,24). The van der Waals surface area contributed by atoms with Crippen molar-refractivity contribution < 1.29 is 24.2 Å². The molecule has 0 radical (unpaired) electrons. The first-order valence-corrected chi connectivity index (χ1v) is 8.56. The van der Waals surface area contributed by atoms with Gasteiger partial charge in [-0.2, -0.15) is 0 Å². The Labute approximate surface area is 152 Å². The molecule has 0 aromatic heterocycles. The SMILES string of the molecule is CCN(CC1COc2ccccc2O1)C(=O)Cc1ccccc1C(=O)O. The molecule has 2 aromatic carbocycles. The zero-order valence-corrected chi connectivity index (χ0v) is 14.6. The van der Waals surface area contributed by atoms with E-state index in [1.807, 2.05) is 31.2 Å². The van der Waals surface area contributed by atoms with Crippen molar-refractivity contribution in [1.82, 2.24) is 4.90 Å². The first kappa shape index (κ1) is 17.8. The molecule has 1 aliphatic rings. The van der Waals surface area contributed by atoms with Crippen LogP contribution in [0.15, 0.2) is 48.5 Å². The van der Waals surface area contributed by atoms with Gasteiger partial charge in [0.05, 0.1) is 18.5 Å². The van der Waals surface area contributed by atoms with Gasteiger partial charge in [-0.25, -0.2) is 4.79 Å². The molecule has 6 nitrogen and oxygen atoms in total. The number of carbonyl (C=O) groups excluding carboxylic acids is 1. The molecule has 1 amide bonds. The number of rotatable bonds is 6. The van der Waals surface area contributed by atoms with Crippen LogP contribution in [-0.4, -0.2) is 47.7 Å². The molecular formula is C20H21NO5. The monoisotopic (exact) mass is 355 g/mol. The molecule has 3 rings (SSSR count). The second kappa shape index (κ2) is 7.91. The lowest BCUT2D eigenvalue weighted by Crippen LogP contribution is -2.44. The number of carboxylic acids is 1. The summed E-state index contributed by atoms with van der Waals surface area (Å²) < 4.78 is 11.6. The molecule has 0 spiro atoms. The van der Waals surface area contributed by atoms with Gasteiger partial charge in [0.25, 0.3) is 0 Å². The number of hydrogen-bond donors (Lipinski definition) is 1. The number of aromatic carboxylic acids is 1. The van der Waals surface area contributed by atoms with Crippen LogP contribution >= 0.6 is 0 Å². The number of amides is 1. The number of benzene rings is 2. The highest BCUT2D eigenvalue weighted by Gasteiger charge is 2.25. The van der Waals surface area contributed by atoms with Gasteiger partial charge >= 0.3 is 5.97 Å². The van der Waals surface area contributed by atoms with Crippen LogP contribution < -0.4 is 9.47 Å². The summed E-state index contributed by atoms with van der Waals surface area (Å²) in [6.07, 6.45) is -0.218. The van der Waals surface area contributed by atoms with Gasteiger partial charge in [0.1, 0.15) is 6.61 Å². The number of ether oxygens (including phenoxy) is 2. The number of hydrogen-bond acceptors (Lipinski definition) is 4. The Balaban J connectivity index is 1.66. The van der Waals surface area contributed by atoms with Gasteiger partial charge in [-0.3, -0.25) is 4.79 Å². The Morgan fingerprint density at radius 1 is 1.12 bits per heavy atom. The van der Waals surface area contributed by atoms with Crippen LogP contribution in [0.3, 0.4) is 0 Å². The number of nitrogens with zero attached hydrogens (tertiary/aromatic N) is 1. The van der Waals surface area contributed by atoms with Crippen molar-refractivity contribution in [2.75, 3.05) is 19.7 Å². The zero-order chi connectivity index (χ0) is 18.5. The quantitative estimate of drug-likeness (QED) is 0.862. The molecule has 136 valence electrons. The number of fused-ring (bicyclic) bond motifs is 1. The van der Waals surface area contributed by atoms with Crippen molar-refractivity contribution in [3.63, 3.8) is 0 Å². The summed E-state index contributed by atoms with van der Waals surface area (Å²) >= 11 is 0. The normalized spacial score (nSPS) is 15.3. The Bertz CT molecular complexity index is 804. The van der Waals surface area contributed by atoms with Crippen LogP contribution in [0.5, 0.6) is 11.5 Å². The van der Waals surface area contributed by atoms with E-state index in [1.54, 1.807) is 23.1 Å². The molecule has 1 atom stereocenters. The molecule has 26 heavy (non-hydrogen) atoms. The first-order chi connectivity index (χ1) is 12.6. The van der Waals surface area contributed by atoms with E-state index < -0.39 is 5.97 Å². The molecule has 6 heteroatoms. The molecule has 1 aliphatic heterocycles. The fourth-order valence-corrected chi connectivity index (χ4v) is 2.96. The van der Waals surface area contributed by atoms with E-state index in [2.05, 4.69) is 0 Å². The maximum atomic E-state index is 12.7. The summed E-state index contributed by atoms with van der Waals surface area (Å²) in [4.78, 5) is 25.7. The topological polar surface area (TPSA) is 76.1 Å². The average molecular weight is 355 g/mol. The lowest BCUT2D eigenvalue weighted by atomic mass is 10.0. The second-order valence-electron chi connectivity index (χ2n) is 6.07. The molecule has 2 aromatic rings. The third-order valence-corrected chi connectivity index (χ3v) is 4.32. The van der Waals surface area contributed by atoms with Crippen LogP contribution in [0.25, 0.3) is 0 Å². The highest BCUT2D eigenvalue weighted by atomic mass is 16.6. The van der Waals surface area contributed by atoms with Gasteiger partial charge in [-0.05, 0) is 30.7 Å². The third-order valence-electron chi connectivity index (χ3n) is 4.32. The average Bonchev–Trinajstić information content (AvgIpc) is 2.66. The van der Waals surface area contributed by atoms with Crippen molar-refractivity contribution in [3.05, 3.63) is 59.7 Å². The molecular weight excluding hydrogens is 334 g/mol. The predicted octanol–water partition coefficient (Wildman–Crippen LogP) is 2.62. The van der Waals surface area contributed by atoms with Gasteiger partial charge in [0.15, 0.2) is 17.6 Å². The molecule has 0 aliphatic carbocycles. The van der Waals surface area contributed by atoms with E-state index in [9.17, 15) is 14.7 Å². The van der Waals surface area contributed by atoms with Crippen molar-refractivity contribution >= 4 is 11.9 Å². The van der Waals surface area contributed by atoms with Gasteiger partial charge in [-0.15, -0.1) is 0 Å². The smallest absolute Gasteiger partial charge is 0.335 e. The Morgan fingerprint density at radius 3 is 2.54 bits per heavy atom. The third kappa shape index (κ3) is 3.96. The van der Waals surface area contributed by atoms with Crippen molar-refractivity contribution in [1.29, 1.82) is 0 Å². The van der Waals surface area contributed by atoms with E-state index in [0.29, 0.717) is 36.8 Å². The van der Waals surface area contributed by atoms with E-state index in [4.69, 9.17) is 9.47 Å². The number of carbonyl (C=O) groups is 2. The van der Waals surface area contributed by atoms with E-state index in [0.717, 1.165) is 0 Å². The summed E-state index contributed by atoms with van der Waals surface area (Å²) in [6.45, 7) is 3.15. The Kier molecular flexibility index (Phi) is 5.41. The predicted molar refractivity (Wildman–Crippen MR) is 95.7 cm³/mol. The zero-order valence-electron chi connectivity index (χ0n) is 14.6. The molecule has 1 heterocycles.